The van der Waals surface area contributed by atoms with Crippen LogP contribution in [-0.4, -0.2) is 21.2 Å². The molecule has 0 aliphatic rings. The fourth-order valence-corrected chi connectivity index (χ4v) is 3.21. The first kappa shape index (κ1) is 18.4. The number of aryl methyl sites for hydroxylation is 2. The molecule has 0 saturated heterocycles. The van der Waals surface area contributed by atoms with Gasteiger partial charge in [-0.2, -0.15) is 0 Å². The van der Waals surface area contributed by atoms with Crippen LogP contribution < -0.4 is 10.6 Å². The quantitative estimate of drug-likeness (QED) is 0.546. The third kappa shape index (κ3) is 3.73. The predicted octanol–water partition coefficient (Wildman–Crippen LogP) is 4.46. The summed E-state index contributed by atoms with van der Waals surface area (Å²) in [5.74, 6) is -0.596. The van der Waals surface area contributed by atoms with Crippen molar-refractivity contribution in [2.45, 2.75) is 13.8 Å². The molecule has 2 heterocycles. The van der Waals surface area contributed by atoms with Gasteiger partial charge in [0.15, 0.2) is 5.69 Å². The molecule has 0 radical (unpaired) electrons. The fourth-order valence-electron chi connectivity index (χ4n) is 3.21. The number of amides is 2. The molecule has 2 aromatic carbocycles. The van der Waals surface area contributed by atoms with Crippen molar-refractivity contribution >= 4 is 28.7 Å². The van der Waals surface area contributed by atoms with Crippen LogP contribution in [0.25, 0.3) is 5.52 Å². The molecular weight excluding hydrogens is 364 g/mol. The normalized spacial score (nSPS) is 10.7. The van der Waals surface area contributed by atoms with E-state index in [1.54, 1.807) is 34.9 Å². The van der Waals surface area contributed by atoms with Crippen molar-refractivity contribution in [3.63, 3.8) is 0 Å². The van der Waals surface area contributed by atoms with Gasteiger partial charge in [-0.3, -0.25) is 14.0 Å². The number of pyridine rings is 1. The molecule has 6 nitrogen and oxygen atoms in total. The predicted molar refractivity (Wildman–Crippen MR) is 113 cm³/mol. The lowest BCUT2D eigenvalue weighted by atomic mass is 10.1. The zero-order valence-corrected chi connectivity index (χ0v) is 16.1. The largest absolute Gasteiger partial charge is 0.321 e. The summed E-state index contributed by atoms with van der Waals surface area (Å²) in [5.41, 5.74) is 4.21. The van der Waals surface area contributed by atoms with Gasteiger partial charge in [-0.05, 0) is 49.7 Å². The highest BCUT2D eigenvalue weighted by Crippen LogP contribution is 2.19. The lowest BCUT2D eigenvalue weighted by Gasteiger charge is -2.08. The van der Waals surface area contributed by atoms with E-state index in [1.165, 1.54) is 0 Å². The van der Waals surface area contributed by atoms with Gasteiger partial charge < -0.3 is 10.6 Å². The number of para-hydroxylation sites is 1. The molecule has 2 amide bonds. The summed E-state index contributed by atoms with van der Waals surface area (Å²) < 4.78 is 1.62. The van der Waals surface area contributed by atoms with Gasteiger partial charge in [-0.1, -0.05) is 42.0 Å². The van der Waals surface area contributed by atoms with Crippen molar-refractivity contribution in [2.75, 3.05) is 10.6 Å². The number of fused-ring (bicyclic) bond motifs is 1. The topological polar surface area (TPSA) is 75.5 Å². The number of imidazole rings is 1. The third-order valence-corrected chi connectivity index (χ3v) is 4.63. The van der Waals surface area contributed by atoms with E-state index >= 15 is 0 Å². The molecule has 2 N–H and O–H groups in total. The van der Waals surface area contributed by atoms with Crippen molar-refractivity contribution in [1.29, 1.82) is 0 Å². The lowest BCUT2D eigenvalue weighted by molar-refractivity contribution is 0.101. The number of hydrogen-bond acceptors (Lipinski definition) is 3. The van der Waals surface area contributed by atoms with Gasteiger partial charge >= 0.3 is 0 Å². The summed E-state index contributed by atoms with van der Waals surface area (Å²) in [5, 5.41) is 5.72. The molecule has 144 valence electrons. The molecule has 29 heavy (non-hydrogen) atoms. The van der Waals surface area contributed by atoms with Gasteiger partial charge in [0, 0.05) is 17.6 Å². The number of rotatable bonds is 4. The fraction of sp³-hybridized carbons (Fsp3) is 0.0870. The van der Waals surface area contributed by atoms with Gasteiger partial charge in [-0.15, -0.1) is 0 Å². The van der Waals surface area contributed by atoms with E-state index in [2.05, 4.69) is 15.6 Å². The second-order valence-corrected chi connectivity index (χ2v) is 6.83. The van der Waals surface area contributed by atoms with Crippen molar-refractivity contribution in [3.05, 3.63) is 95.6 Å². The van der Waals surface area contributed by atoms with Gasteiger partial charge in [0.05, 0.1) is 5.52 Å². The maximum Gasteiger partial charge on any atom is 0.292 e. The zero-order valence-electron chi connectivity index (χ0n) is 16.1. The first-order valence-corrected chi connectivity index (χ1v) is 9.25. The number of carbonyl (C=O) groups excluding carboxylic acids is 2. The number of hydrogen-bond donors (Lipinski definition) is 2. The Balaban J connectivity index is 1.68. The molecule has 0 unspecified atom stereocenters. The van der Waals surface area contributed by atoms with Crippen LogP contribution in [-0.2, 0) is 0 Å². The number of nitrogens with zero attached hydrogens (tertiary/aromatic N) is 2. The molecule has 0 spiro atoms. The third-order valence-electron chi connectivity index (χ3n) is 4.63. The number of carbonyl (C=O) groups is 2. The van der Waals surface area contributed by atoms with E-state index in [0.29, 0.717) is 16.9 Å². The molecule has 0 atom stereocenters. The molecule has 6 heteroatoms. The first-order chi connectivity index (χ1) is 14.0. The minimum absolute atomic E-state index is 0.152. The van der Waals surface area contributed by atoms with E-state index in [4.69, 9.17) is 0 Å². The van der Waals surface area contributed by atoms with E-state index in [9.17, 15) is 9.59 Å². The molecule has 0 aliphatic carbocycles. The Morgan fingerprint density at radius 2 is 1.62 bits per heavy atom. The van der Waals surface area contributed by atoms with Crippen LogP contribution in [0.3, 0.4) is 0 Å². The van der Waals surface area contributed by atoms with Gasteiger partial charge in [0.25, 0.3) is 11.8 Å². The molecule has 4 aromatic rings. The van der Waals surface area contributed by atoms with Crippen molar-refractivity contribution < 1.29 is 9.59 Å². The Morgan fingerprint density at radius 3 is 2.38 bits per heavy atom. The molecule has 0 saturated carbocycles. The zero-order chi connectivity index (χ0) is 20.4. The average molecular weight is 384 g/mol. The number of nitrogens with one attached hydrogen (secondary N) is 2. The highest BCUT2D eigenvalue weighted by atomic mass is 16.2. The summed E-state index contributed by atoms with van der Waals surface area (Å²) in [6.45, 7) is 3.93. The highest BCUT2D eigenvalue weighted by molar-refractivity contribution is 6.10. The Hall–Kier alpha value is -3.93. The van der Waals surface area contributed by atoms with Crippen LogP contribution in [0.5, 0.6) is 0 Å². The first-order valence-electron chi connectivity index (χ1n) is 9.25. The van der Waals surface area contributed by atoms with E-state index in [0.717, 1.165) is 11.1 Å². The van der Waals surface area contributed by atoms with Crippen molar-refractivity contribution in [1.82, 2.24) is 9.38 Å². The Bertz CT molecular complexity index is 1210. The molecule has 2 aromatic heterocycles. The minimum atomic E-state index is -0.378. The maximum atomic E-state index is 12.9. The molecule has 0 aliphatic heterocycles. The smallest absolute Gasteiger partial charge is 0.292 e. The van der Waals surface area contributed by atoms with Crippen LogP contribution in [0.1, 0.15) is 32.2 Å². The molecular formula is C23H20N4O2. The van der Waals surface area contributed by atoms with E-state index in [-0.39, 0.29) is 23.3 Å². The maximum absolute atomic E-state index is 12.9. The van der Waals surface area contributed by atoms with Gasteiger partial charge in [0.1, 0.15) is 0 Å². The van der Waals surface area contributed by atoms with E-state index in [1.807, 2.05) is 56.3 Å². The number of aromatic nitrogens is 2. The monoisotopic (exact) mass is 384 g/mol. The number of anilines is 2. The van der Waals surface area contributed by atoms with E-state index < -0.39 is 0 Å². The van der Waals surface area contributed by atoms with Gasteiger partial charge in [0.2, 0.25) is 5.82 Å². The summed E-state index contributed by atoms with van der Waals surface area (Å²) in [6, 6.07) is 20.3. The standard InChI is InChI=1S/C23H20N4O2/c1-15-11-12-18(16(2)14-15)25-23(29)21-26-20(19-10-6-7-13-27(19)21)22(28)24-17-8-4-3-5-9-17/h3-14H,1-2H3,(H,24,28)(H,25,29). The summed E-state index contributed by atoms with van der Waals surface area (Å²) in [6.07, 6.45) is 1.72. The average Bonchev–Trinajstić information content (AvgIpc) is 3.11. The van der Waals surface area contributed by atoms with Crippen molar-refractivity contribution in [2.24, 2.45) is 0 Å². The Labute approximate surface area is 168 Å². The van der Waals surface area contributed by atoms with Crippen LogP contribution >= 0.6 is 0 Å². The summed E-state index contributed by atoms with van der Waals surface area (Å²) >= 11 is 0. The van der Waals surface area contributed by atoms with Crippen LogP contribution in [0.4, 0.5) is 11.4 Å². The minimum Gasteiger partial charge on any atom is -0.321 e. The lowest BCUT2D eigenvalue weighted by Crippen LogP contribution is -2.17. The second-order valence-electron chi connectivity index (χ2n) is 6.83. The van der Waals surface area contributed by atoms with Crippen LogP contribution in [0.15, 0.2) is 72.9 Å². The molecule has 0 fully saturated rings. The van der Waals surface area contributed by atoms with Crippen LogP contribution in [0.2, 0.25) is 0 Å². The highest BCUT2D eigenvalue weighted by Gasteiger charge is 2.22. The van der Waals surface area contributed by atoms with Crippen molar-refractivity contribution in [3.8, 4) is 0 Å². The molecule has 4 rings (SSSR count). The summed E-state index contributed by atoms with van der Waals surface area (Å²) in [4.78, 5) is 30.1. The Morgan fingerprint density at radius 1 is 0.862 bits per heavy atom. The number of benzene rings is 2. The Kier molecular flexibility index (Phi) is 4.83. The van der Waals surface area contributed by atoms with Crippen LogP contribution in [0, 0.1) is 13.8 Å². The second kappa shape index (κ2) is 7.59. The van der Waals surface area contributed by atoms with Gasteiger partial charge in [-0.25, -0.2) is 4.98 Å². The molecule has 0 bridgehead atoms. The SMILES string of the molecule is Cc1ccc(NC(=O)c2nc(C(=O)Nc3ccccc3)c3ccccn23)c(C)c1. The summed E-state index contributed by atoms with van der Waals surface area (Å²) in [7, 11) is 0.